The molecule has 17 heavy (non-hydrogen) atoms. The van der Waals surface area contributed by atoms with Crippen LogP contribution in [0.25, 0.3) is 0 Å². The van der Waals surface area contributed by atoms with E-state index in [1.807, 2.05) is 36.4 Å². The minimum atomic E-state index is -0.519. The molecule has 0 atom stereocenters. The molecule has 0 saturated carbocycles. The lowest BCUT2D eigenvalue weighted by molar-refractivity contribution is 0.1000. The summed E-state index contributed by atoms with van der Waals surface area (Å²) in [5.41, 5.74) is 5.88. The molecule has 84 valence electrons. The number of hydrogen-bond acceptors (Lipinski definition) is 2. The van der Waals surface area contributed by atoms with Gasteiger partial charge in [0.15, 0.2) is 0 Å². The third kappa shape index (κ3) is 4.63. The van der Waals surface area contributed by atoms with Crippen molar-refractivity contribution in [3.8, 4) is 12.3 Å². The van der Waals surface area contributed by atoms with Gasteiger partial charge in [-0.2, -0.15) is 0 Å². The van der Waals surface area contributed by atoms with E-state index in [1.165, 1.54) is 18.5 Å². The van der Waals surface area contributed by atoms with Crippen LogP contribution >= 0.6 is 0 Å². The summed E-state index contributed by atoms with van der Waals surface area (Å²) in [6.07, 6.45) is 7.95. The summed E-state index contributed by atoms with van der Waals surface area (Å²) in [6, 6.07) is 13.5. The monoisotopic (exact) mass is 224 g/mol. The number of aromatic nitrogens is 1. The van der Waals surface area contributed by atoms with Crippen molar-refractivity contribution < 1.29 is 4.79 Å². The van der Waals surface area contributed by atoms with Crippen molar-refractivity contribution in [2.45, 2.75) is 0 Å². The predicted molar refractivity (Wildman–Crippen MR) is 67.1 cm³/mol. The number of carbonyl (C=O) groups is 1. The molecule has 0 bridgehead atoms. The third-order valence-corrected chi connectivity index (χ3v) is 1.86. The number of carbonyl (C=O) groups excluding carboxylic acids is 1. The van der Waals surface area contributed by atoms with E-state index in [4.69, 9.17) is 12.2 Å². The molecule has 0 aliphatic rings. The maximum absolute atomic E-state index is 10.6. The van der Waals surface area contributed by atoms with E-state index in [0.29, 0.717) is 11.1 Å². The zero-order chi connectivity index (χ0) is 12.5. The number of amides is 1. The van der Waals surface area contributed by atoms with Gasteiger partial charge < -0.3 is 5.73 Å². The van der Waals surface area contributed by atoms with Gasteiger partial charge in [-0.15, -0.1) is 6.42 Å². The summed E-state index contributed by atoms with van der Waals surface area (Å²) < 4.78 is 0. The van der Waals surface area contributed by atoms with E-state index >= 15 is 0 Å². The van der Waals surface area contributed by atoms with E-state index in [0.717, 1.165) is 0 Å². The first kappa shape index (κ1) is 12.5. The Morgan fingerprint density at radius 2 is 1.65 bits per heavy atom. The Labute approximate surface area is 100 Å². The second-order valence-corrected chi connectivity index (χ2v) is 3.13. The summed E-state index contributed by atoms with van der Waals surface area (Å²) >= 11 is 0. The standard InChI is InChI=1S/C8H6N2O.C6H6/c1-2-6-3-7(8(9)11)5-10-4-6;1-2-4-6-5-3-1/h1,3-5H,(H2,9,11);1-6H. The van der Waals surface area contributed by atoms with Crippen molar-refractivity contribution in [3.05, 3.63) is 66.0 Å². The van der Waals surface area contributed by atoms with Crippen LogP contribution in [-0.4, -0.2) is 10.9 Å². The average Bonchev–Trinajstić information content (AvgIpc) is 2.41. The van der Waals surface area contributed by atoms with Crippen LogP contribution in [0.15, 0.2) is 54.9 Å². The highest BCUT2D eigenvalue weighted by molar-refractivity contribution is 5.92. The zero-order valence-electron chi connectivity index (χ0n) is 9.21. The molecule has 0 saturated heterocycles. The number of rotatable bonds is 1. The third-order valence-electron chi connectivity index (χ3n) is 1.86. The van der Waals surface area contributed by atoms with E-state index in [-0.39, 0.29) is 0 Å². The topological polar surface area (TPSA) is 56.0 Å². The molecule has 3 heteroatoms. The highest BCUT2D eigenvalue weighted by Crippen LogP contribution is 1.99. The molecule has 1 heterocycles. The Balaban J connectivity index is 0.000000202. The van der Waals surface area contributed by atoms with Gasteiger partial charge in [0.1, 0.15) is 0 Å². The molecule has 2 N–H and O–H groups in total. The first-order valence-electron chi connectivity index (χ1n) is 4.95. The van der Waals surface area contributed by atoms with Crippen molar-refractivity contribution in [1.29, 1.82) is 0 Å². The van der Waals surface area contributed by atoms with Crippen LogP contribution in [0.1, 0.15) is 15.9 Å². The van der Waals surface area contributed by atoms with Crippen LogP contribution in [0, 0.1) is 12.3 Å². The van der Waals surface area contributed by atoms with E-state index in [2.05, 4.69) is 10.9 Å². The maximum Gasteiger partial charge on any atom is 0.250 e. The SMILES string of the molecule is C#Cc1cncc(C(N)=O)c1.c1ccccc1. The lowest BCUT2D eigenvalue weighted by atomic mass is 10.2. The number of benzene rings is 1. The largest absolute Gasteiger partial charge is 0.366 e. The van der Waals surface area contributed by atoms with E-state index in [9.17, 15) is 4.79 Å². The molecule has 0 radical (unpaired) electrons. The van der Waals surface area contributed by atoms with Crippen LogP contribution in [0.5, 0.6) is 0 Å². The van der Waals surface area contributed by atoms with Crippen LogP contribution in [-0.2, 0) is 0 Å². The molecule has 0 aliphatic heterocycles. The number of primary amides is 1. The number of hydrogen-bond donors (Lipinski definition) is 1. The van der Waals surface area contributed by atoms with Crippen molar-refractivity contribution in [1.82, 2.24) is 4.98 Å². The van der Waals surface area contributed by atoms with E-state index < -0.39 is 5.91 Å². The van der Waals surface area contributed by atoms with Gasteiger partial charge in [-0.3, -0.25) is 9.78 Å². The molecule has 1 aromatic carbocycles. The van der Waals surface area contributed by atoms with Crippen molar-refractivity contribution >= 4 is 5.91 Å². The van der Waals surface area contributed by atoms with Gasteiger partial charge in [0.25, 0.3) is 0 Å². The fourth-order valence-corrected chi connectivity index (χ4v) is 1.04. The molecular formula is C14H12N2O. The summed E-state index contributed by atoms with van der Waals surface area (Å²) in [5, 5.41) is 0. The van der Waals surface area contributed by atoms with Gasteiger partial charge >= 0.3 is 0 Å². The average molecular weight is 224 g/mol. The van der Waals surface area contributed by atoms with Crippen molar-refractivity contribution in [2.75, 3.05) is 0 Å². The molecular weight excluding hydrogens is 212 g/mol. The molecule has 3 nitrogen and oxygen atoms in total. The van der Waals surface area contributed by atoms with Gasteiger partial charge in [-0.25, -0.2) is 0 Å². The predicted octanol–water partition coefficient (Wildman–Crippen LogP) is 1.85. The smallest absolute Gasteiger partial charge is 0.250 e. The normalized spacial score (nSPS) is 8.41. The lowest BCUT2D eigenvalue weighted by Crippen LogP contribution is -2.11. The zero-order valence-corrected chi connectivity index (χ0v) is 9.21. The summed E-state index contributed by atoms with van der Waals surface area (Å²) in [4.78, 5) is 14.3. The Bertz CT molecular complexity index is 489. The minimum absolute atomic E-state index is 0.334. The van der Waals surface area contributed by atoms with Crippen LogP contribution in [0.4, 0.5) is 0 Å². The number of nitrogens with zero attached hydrogens (tertiary/aromatic N) is 1. The van der Waals surface area contributed by atoms with Crippen LogP contribution < -0.4 is 5.73 Å². The Morgan fingerprint density at radius 1 is 1.12 bits per heavy atom. The second-order valence-electron chi connectivity index (χ2n) is 3.13. The summed E-state index contributed by atoms with van der Waals surface area (Å²) in [5.74, 6) is 1.83. The van der Waals surface area contributed by atoms with Gasteiger partial charge in [0.05, 0.1) is 5.56 Å². The minimum Gasteiger partial charge on any atom is -0.366 e. The lowest BCUT2D eigenvalue weighted by Gasteiger charge is -1.93. The fourth-order valence-electron chi connectivity index (χ4n) is 1.04. The van der Waals surface area contributed by atoms with Gasteiger partial charge in [0.2, 0.25) is 5.91 Å². The van der Waals surface area contributed by atoms with Crippen LogP contribution in [0.3, 0.4) is 0 Å². The molecule has 1 aromatic heterocycles. The quantitative estimate of drug-likeness (QED) is 0.751. The van der Waals surface area contributed by atoms with Crippen molar-refractivity contribution in [2.24, 2.45) is 5.73 Å². The molecule has 2 rings (SSSR count). The molecule has 2 aromatic rings. The van der Waals surface area contributed by atoms with Gasteiger partial charge in [-0.05, 0) is 6.07 Å². The Hall–Kier alpha value is -2.60. The number of pyridine rings is 1. The number of terminal acetylenes is 1. The highest BCUT2D eigenvalue weighted by atomic mass is 16.1. The Morgan fingerprint density at radius 3 is 2.06 bits per heavy atom. The first-order chi connectivity index (χ1) is 8.24. The van der Waals surface area contributed by atoms with Gasteiger partial charge in [0, 0.05) is 18.0 Å². The summed E-state index contributed by atoms with van der Waals surface area (Å²) in [7, 11) is 0. The highest BCUT2D eigenvalue weighted by Gasteiger charge is 1.99. The molecule has 0 unspecified atom stereocenters. The fraction of sp³-hybridized carbons (Fsp3) is 0. The molecule has 0 fully saturated rings. The molecule has 0 aliphatic carbocycles. The number of nitrogens with two attached hydrogens (primary N) is 1. The van der Waals surface area contributed by atoms with E-state index in [1.54, 1.807) is 0 Å². The molecule has 1 amide bonds. The summed E-state index contributed by atoms with van der Waals surface area (Å²) in [6.45, 7) is 0. The Kier molecular flexibility index (Phi) is 4.99. The first-order valence-corrected chi connectivity index (χ1v) is 4.95. The van der Waals surface area contributed by atoms with Gasteiger partial charge in [-0.1, -0.05) is 42.3 Å². The maximum atomic E-state index is 10.6. The van der Waals surface area contributed by atoms with Crippen molar-refractivity contribution in [3.63, 3.8) is 0 Å². The second kappa shape index (κ2) is 6.81. The van der Waals surface area contributed by atoms with Crippen LogP contribution in [0.2, 0.25) is 0 Å². The molecule has 0 spiro atoms.